The van der Waals surface area contributed by atoms with Crippen molar-refractivity contribution in [3.8, 4) is 0 Å². The van der Waals surface area contributed by atoms with Gasteiger partial charge in [-0.15, -0.1) is 0 Å². The first-order valence-electron chi connectivity index (χ1n) is 6.67. The molecule has 2 amide bonds. The van der Waals surface area contributed by atoms with Crippen LogP contribution in [0.25, 0.3) is 0 Å². The number of likely N-dealkylation sites (N-methyl/N-ethyl adjacent to an activating group) is 1. The molecular weight excluding hydrogens is 259 g/mol. The third-order valence-electron chi connectivity index (χ3n) is 3.02. The average Bonchev–Trinajstić information content (AvgIpc) is 2.37. The Morgan fingerprint density at radius 1 is 1.30 bits per heavy atom. The zero-order valence-corrected chi connectivity index (χ0v) is 12.1. The molecule has 110 valence electrons. The fourth-order valence-electron chi connectivity index (χ4n) is 2.04. The summed E-state index contributed by atoms with van der Waals surface area (Å²) in [5.41, 5.74) is 0.865. The van der Waals surface area contributed by atoms with Crippen LogP contribution >= 0.6 is 0 Å². The normalized spacial score (nSPS) is 13.4. The number of nitrogens with one attached hydrogen (secondary N) is 2. The average molecular weight is 280 g/mol. The van der Waals surface area contributed by atoms with Gasteiger partial charge in [-0.3, -0.25) is 9.59 Å². The van der Waals surface area contributed by atoms with Crippen molar-refractivity contribution in [3.05, 3.63) is 35.6 Å². The Morgan fingerprint density at radius 3 is 2.60 bits per heavy atom. The molecule has 2 atom stereocenters. The zero-order valence-electron chi connectivity index (χ0n) is 12.1. The first kappa shape index (κ1) is 16.1. The maximum Gasteiger partial charge on any atom is 0.242 e. The molecule has 0 aromatic heterocycles. The number of carbonyl (C=O) groups excluding carboxylic acids is 2. The van der Waals surface area contributed by atoms with E-state index in [0.29, 0.717) is 12.8 Å². The monoisotopic (exact) mass is 280 g/mol. The summed E-state index contributed by atoms with van der Waals surface area (Å²) in [6.07, 6.45) is 0.928. The summed E-state index contributed by atoms with van der Waals surface area (Å²) in [4.78, 5) is 23.1. The summed E-state index contributed by atoms with van der Waals surface area (Å²) in [5.74, 6) is -0.595. The minimum absolute atomic E-state index is 0.0775. The van der Waals surface area contributed by atoms with Crippen LogP contribution < -0.4 is 10.6 Å². The van der Waals surface area contributed by atoms with Gasteiger partial charge in [0, 0.05) is 13.5 Å². The van der Waals surface area contributed by atoms with Gasteiger partial charge < -0.3 is 10.6 Å². The molecule has 2 N–H and O–H groups in total. The SMILES string of the molecule is CNC(=O)[C@H](C)NC(=O)CC(C)Cc1cccc(F)c1. The molecule has 0 saturated heterocycles. The van der Waals surface area contributed by atoms with E-state index in [9.17, 15) is 14.0 Å². The van der Waals surface area contributed by atoms with Crippen LogP contribution in [0.4, 0.5) is 4.39 Å². The molecule has 4 nitrogen and oxygen atoms in total. The fourth-order valence-corrected chi connectivity index (χ4v) is 2.04. The summed E-state index contributed by atoms with van der Waals surface area (Å²) in [7, 11) is 1.53. The van der Waals surface area contributed by atoms with Gasteiger partial charge in [0.25, 0.3) is 0 Å². The summed E-state index contributed by atoms with van der Waals surface area (Å²) in [6, 6.07) is 5.82. The number of rotatable bonds is 6. The third-order valence-corrected chi connectivity index (χ3v) is 3.02. The van der Waals surface area contributed by atoms with Crippen molar-refractivity contribution in [2.45, 2.75) is 32.7 Å². The Bertz CT molecular complexity index is 477. The Morgan fingerprint density at radius 2 is 2.00 bits per heavy atom. The van der Waals surface area contributed by atoms with Gasteiger partial charge in [-0.2, -0.15) is 0 Å². The topological polar surface area (TPSA) is 58.2 Å². The second kappa shape index (κ2) is 7.62. The molecule has 0 heterocycles. The lowest BCUT2D eigenvalue weighted by Crippen LogP contribution is -2.43. The number of benzene rings is 1. The highest BCUT2D eigenvalue weighted by molar-refractivity contribution is 5.87. The van der Waals surface area contributed by atoms with E-state index in [4.69, 9.17) is 0 Å². The molecule has 0 aliphatic heterocycles. The lowest BCUT2D eigenvalue weighted by atomic mass is 9.97. The molecule has 0 spiro atoms. The van der Waals surface area contributed by atoms with Crippen molar-refractivity contribution in [1.29, 1.82) is 0 Å². The van der Waals surface area contributed by atoms with Gasteiger partial charge in [0.2, 0.25) is 11.8 Å². The second-order valence-electron chi connectivity index (χ2n) is 5.05. The number of hydrogen-bond acceptors (Lipinski definition) is 2. The largest absolute Gasteiger partial charge is 0.357 e. The smallest absolute Gasteiger partial charge is 0.242 e. The maximum atomic E-state index is 13.1. The number of halogens is 1. The lowest BCUT2D eigenvalue weighted by molar-refractivity contribution is -0.128. The van der Waals surface area contributed by atoms with E-state index in [0.717, 1.165) is 5.56 Å². The minimum atomic E-state index is -0.547. The van der Waals surface area contributed by atoms with Crippen LogP contribution in [0.3, 0.4) is 0 Å². The van der Waals surface area contributed by atoms with E-state index in [-0.39, 0.29) is 23.5 Å². The van der Waals surface area contributed by atoms with Crippen LogP contribution in [0.15, 0.2) is 24.3 Å². The Balaban J connectivity index is 2.44. The van der Waals surface area contributed by atoms with Gasteiger partial charge in [-0.05, 0) is 37.0 Å². The van der Waals surface area contributed by atoms with Crippen molar-refractivity contribution in [2.24, 2.45) is 5.92 Å². The van der Waals surface area contributed by atoms with Crippen LogP contribution in [0.1, 0.15) is 25.8 Å². The lowest BCUT2D eigenvalue weighted by Gasteiger charge is -2.15. The van der Waals surface area contributed by atoms with Crippen LogP contribution in [0.5, 0.6) is 0 Å². The summed E-state index contributed by atoms with van der Waals surface area (Å²) >= 11 is 0. The van der Waals surface area contributed by atoms with Crippen molar-refractivity contribution >= 4 is 11.8 Å². The Labute approximate surface area is 118 Å². The van der Waals surface area contributed by atoms with E-state index in [1.165, 1.54) is 19.2 Å². The van der Waals surface area contributed by atoms with Crippen LogP contribution in [0, 0.1) is 11.7 Å². The Hall–Kier alpha value is -1.91. The van der Waals surface area contributed by atoms with Crippen LogP contribution in [0.2, 0.25) is 0 Å². The zero-order chi connectivity index (χ0) is 15.1. The summed E-state index contributed by atoms with van der Waals surface area (Å²) in [5, 5.41) is 5.11. The highest BCUT2D eigenvalue weighted by atomic mass is 19.1. The molecule has 1 aromatic rings. The van der Waals surface area contributed by atoms with Gasteiger partial charge in [0.15, 0.2) is 0 Å². The predicted octanol–water partition coefficient (Wildman–Crippen LogP) is 1.65. The second-order valence-corrected chi connectivity index (χ2v) is 5.05. The number of carbonyl (C=O) groups is 2. The molecule has 1 unspecified atom stereocenters. The summed E-state index contributed by atoms with van der Waals surface area (Å²) in [6.45, 7) is 3.56. The predicted molar refractivity (Wildman–Crippen MR) is 75.6 cm³/mol. The molecule has 0 saturated carbocycles. The number of amides is 2. The van der Waals surface area contributed by atoms with E-state index in [2.05, 4.69) is 10.6 Å². The van der Waals surface area contributed by atoms with Gasteiger partial charge in [-0.25, -0.2) is 4.39 Å². The Kier molecular flexibility index (Phi) is 6.15. The molecular formula is C15H21FN2O2. The standard InChI is InChI=1S/C15H21FN2O2/c1-10(7-12-5-4-6-13(16)9-12)8-14(19)18-11(2)15(20)17-3/h4-6,9-11H,7-8H2,1-3H3,(H,17,20)(H,18,19)/t10?,11-/m0/s1. The van der Waals surface area contributed by atoms with Gasteiger partial charge in [0.05, 0.1) is 0 Å². The van der Waals surface area contributed by atoms with Crippen molar-refractivity contribution in [2.75, 3.05) is 7.05 Å². The molecule has 1 aromatic carbocycles. The molecule has 0 fully saturated rings. The van der Waals surface area contributed by atoms with Gasteiger partial charge >= 0.3 is 0 Å². The third kappa shape index (κ3) is 5.38. The quantitative estimate of drug-likeness (QED) is 0.832. The van der Waals surface area contributed by atoms with E-state index in [1.54, 1.807) is 13.0 Å². The van der Waals surface area contributed by atoms with Gasteiger partial charge in [-0.1, -0.05) is 19.1 Å². The van der Waals surface area contributed by atoms with Gasteiger partial charge in [0.1, 0.15) is 11.9 Å². The van der Waals surface area contributed by atoms with Crippen molar-refractivity contribution in [3.63, 3.8) is 0 Å². The van der Waals surface area contributed by atoms with E-state index >= 15 is 0 Å². The van der Waals surface area contributed by atoms with Crippen molar-refractivity contribution in [1.82, 2.24) is 10.6 Å². The molecule has 1 rings (SSSR count). The fraction of sp³-hybridized carbons (Fsp3) is 0.467. The molecule has 0 aliphatic rings. The molecule has 0 aliphatic carbocycles. The maximum absolute atomic E-state index is 13.1. The van der Waals surface area contributed by atoms with E-state index < -0.39 is 6.04 Å². The molecule has 20 heavy (non-hydrogen) atoms. The first-order chi connectivity index (χ1) is 9.42. The van der Waals surface area contributed by atoms with E-state index in [1.807, 2.05) is 13.0 Å². The molecule has 0 radical (unpaired) electrons. The molecule has 0 bridgehead atoms. The number of hydrogen-bond donors (Lipinski definition) is 2. The highest BCUT2D eigenvalue weighted by Gasteiger charge is 2.16. The van der Waals surface area contributed by atoms with Crippen molar-refractivity contribution < 1.29 is 14.0 Å². The highest BCUT2D eigenvalue weighted by Crippen LogP contribution is 2.13. The minimum Gasteiger partial charge on any atom is -0.357 e. The van der Waals surface area contributed by atoms with Crippen LogP contribution in [-0.2, 0) is 16.0 Å². The first-order valence-corrected chi connectivity index (χ1v) is 6.67. The molecule has 5 heteroatoms. The summed E-state index contributed by atoms with van der Waals surface area (Å²) < 4.78 is 13.1. The van der Waals surface area contributed by atoms with Crippen LogP contribution in [-0.4, -0.2) is 24.9 Å².